The highest BCUT2D eigenvalue weighted by Gasteiger charge is 2.14. The van der Waals surface area contributed by atoms with E-state index in [2.05, 4.69) is 4.40 Å². The minimum absolute atomic E-state index is 0.0996. The summed E-state index contributed by atoms with van der Waals surface area (Å²) in [6.07, 6.45) is 1.26. The highest BCUT2D eigenvalue weighted by atomic mass is 32.2. The fourth-order valence-corrected chi connectivity index (χ4v) is 3.47. The van der Waals surface area contributed by atoms with Gasteiger partial charge in [0.05, 0.1) is 11.5 Å². The van der Waals surface area contributed by atoms with Gasteiger partial charge in [-0.1, -0.05) is 18.2 Å². The predicted octanol–water partition coefficient (Wildman–Crippen LogP) is 3.14. The average Bonchev–Trinajstić information content (AvgIpc) is 2.73. The van der Waals surface area contributed by atoms with Crippen LogP contribution in [0.2, 0.25) is 0 Å². The van der Waals surface area contributed by atoms with Crippen molar-refractivity contribution < 1.29 is 22.7 Å². The van der Waals surface area contributed by atoms with Gasteiger partial charge in [-0.15, -0.1) is 0 Å². The van der Waals surface area contributed by atoms with E-state index in [0.717, 1.165) is 0 Å². The maximum atomic E-state index is 12.3. The second kappa shape index (κ2) is 10.6. The van der Waals surface area contributed by atoms with Crippen LogP contribution in [0.15, 0.2) is 57.8 Å². The molecule has 156 valence electrons. The van der Waals surface area contributed by atoms with E-state index >= 15 is 0 Å². The topological polar surface area (TPSA) is 85.3 Å². The molecule has 2 rings (SSSR count). The van der Waals surface area contributed by atoms with Crippen LogP contribution in [0, 0.1) is 0 Å². The monoisotopic (exact) mass is 418 g/mol. The zero-order valence-electron chi connectivity index (χ0n) is 16.9. The number of nitrogens with zero attached hydrogens (tertiary/aromatic N) is 2. The quantitative estimate of drug-likeness (QED) is 0.554. The maximum Gasteiger partial charge on any atom is 0.282 e. The summed E-state index contributed by atoms with van der Waals surface area (Å²) in [6, 6.07) is 12.9. The van der Waals surface area contributed by atoms with Crippen molar-refractivity contribution in [1.29, 1.82) is 0 Å². The Kier molecular flexibility index (Phi) is 8.21. The first kappa shape index (κ1) is 22.4. The van der Waals surface area contributed by atoms with E-state index in [1.54, 1.807) is 41.3 Å². The number of rotatable bonds is 10. The van der Waals surface area contributed by atoms with Crippen LogP contribution in [0.1, 0.15) is 26.3 Å². The molecule has 8 heteroatoms. The summed E-state index contributed by atoms with van der Waals surface area (Å²) >= 11 is 0. The van der Waals surface area contributed by atoms with Gasteiger partial charge in [-0.25, -0.2) is 0 Å². The maximum absolute atomic E-state index is 12.3. The van der Waals surface area contributed by atoms with E-state index in [4.69, 9.17) is 9.47 Å². The first-order chi connectivity index (χ1) is 13.9. The lowest BCUT2D eigenvalue weighted by Crippen LogP contribution is -2.34. The van der Waals surface area contributed by atoms with Crippen LogP contribution >= 0.6 is 0 Å². The predicted molar refractivity (Wildman–Crippen MR) is 112 cm³/mol. The van der Waals surface area contributed by atoms with Gasteiger partial charge in [-0.2, -0.15) is 12.8 Å². The Morgan fingerprint density at radius 3 is 2.31 bits per heavy atom. The molecule has 0 bridgehead atoms. The van der Waals surface area contributed by atoms with Crippen molar-refractivity contribution in [3.8, 4) is 11.5 Å². The SMILES string of the molecule is CCOc1cc(/C=N\S(=O)(=O)c2ccccc2)ccc1OCC(=O)N(CC)CC. The van der Waals surface area contributed by atoms with Crippen LogP contribution in [0.5, 0.6) is 11.5 Å². The molecule has 0 aliphatic carbocycles. The Morgan fingerprint density at radius 2 is 1.69 bits per heavy atom. The molecule has 0 unspecified atom stereocenters. The summed E-state index contributed by atoms with van der Waals surface area (Å²) < 4.78 is 39.5. The summed E-state index contributed by atoms with van der Waals surface area (Å²) in [7, 11) is -3.78. The smallest absolute Gasteiger partial charge is 0.282 e. The van der Waals surface area contributed by atoms with Crippen molar-refractivity contribution in [2.75, 3.05) is 26.3 Å². The number of carbonyl (C=O) groups excluding carboxylic acids is 1. The molecule has 0 spiro atoms. The van der Waals surface area contributed by atoms with Gasteiger partial charge in [0.15, 0.2) is 18.1 Å². The molecule has 0 heterocycles. The third-order valence-electron chi connectivity index (χ3n) is 4.12. The van der Waals surface area contributed by atoms with E-state index in [9.17, 15) is 13.2 Å². The number of benzene rings is 2. The number of hydrogen-bond donors (Lipinski definition) is 0. The molecule has 0 aliphatic heterocycles. The number of ether oxygens (including phenoxy) is 2. The highest BCUT2D eigenvalue weighted by molar-refractivity contribution is 7.90. The van der Waals surface area contributed by atoms with Crippen LogP contribution in [0.4, 0.5) is 0 Å². The minimum Gasteiger partial charge on any atom is -0.490 e. The molecule has 0 aromatic heterocycles. The number of carbonyl (C=O) groups is 1. The van der Waals surface area contributed by atoms with Gasteiger partial charge in [0.2, 0.25) is 0 Å². The first-order valence-corrected chi connectivity index (χ1v) is 10.9. The van der Waals surface area contributed by atoms with E-state index in [1.807, 2.05) is 20.8 Å². The van der Waals surface area contributed by atoms with Crippen molar-refractivity contribution >= 4 is 22.1 Å². The van der Waals surface area contributed by atoms with E-state index in [-0.39, 0.29) is 17.4 Å². The summed E-state index contributed by atoms with van der Waals surface area (Å²) in [6.45, 7) is 7.16. The van der Waals surface area contributed by atoms with Gasteiger partial charge in [-0.05, 0) is 56.7 Å². The van der Waals surface area contributed by atoms with Crippen molar-refractivity contribution in [3.63, 3.8) is 0 Å². The van der Waals surface area contributed by atoms with Gasteiger partial charge in [0, 0.05) is 19.3 Å². The third-order valence-corrected chi connectivity index (χ3v) is 5.37. The third kappa shape index (κ3) is 6.32. The molecular weight excluding hydrogens is 392 g/mol. The van der Waals surface area contributed by atoms with Crippen LogP contribution in [0.3, 0.4) is 0 Å². The average molecular weight is 419 g/mol. The normalized spacial score (nSPS) is 11.4. The molecule has 29 heavy (non-hydrogen) atoms. The number of sulfonamides is 1. The molecule has 0 saturated heterocycles. The van der Waals surface area contributed by atoms with Gasteiger partial charge in [-0.3, -0.25) is 4.79 Å². The zero-order valence-corrected chi connectivity index (χ0v) is 17.7. The number of hydrogen-bond acceptors (Lipinski definition) is 5. The Hall–Kier alpha value is -2.87. The fourth-order valence-electron chi connectivity index (χ4n) is 2.58. The van der Waals surface area contributed by atoms with Gasteiger partial charge < -0.3 is 14.4 Å². The molecule has 2 aromatic carbocycles. The molecule has 0 aliphatic rings. The number of amides is 1. The van der Waals surface area contributed by atoms with E-state index < -0.39 is 10.0 Å². The summed E-state index contributed by atoms with van der Waals surface area (Å²) in [5, 5.41) is 0. The highest BCUT2D eigenvalue weighted by Crippen LogP contribution is 2.28. The van der Waals surface area contributed by atoms with Crippen molar-refractivity contribution in [3.05, 3.63) is 54.1 Å². The van der Waals surface area contributed by atoms with Gasteiger partial charge in [0.1, 0.15) is 0 Å². The van der Waals surface area contributed by atoms with Crippen LogP contribution < -0.4 is 9.47 Å². The lowest BCUT2D eigenvalue weighted by atomic mass is 10.2. The van der Waals surface area contributed by atoms with Crippen LogP contribution in [-0.2, 0) is 14.8 Å². The van der Waals surface area contributed by atoms with Crippen molar-refractivity contribution in [2.45, 2.75) is 25.7 Å². The molecule has 0 fully saturated rings. The second-order valence-electron chi connectivity index (χ2n) is 6.02. The molecule has 0 N–H and O–H groups in total. The van der Waals surface area contributed by atoms with Crippen LogP contribution in [0.25, 0.3) is 0 Å². The Labute approximate surface area is 172 Å². The second-order valence-corrected chi connectivity index (χ2v) is 7.65. The molecule has 2 aromatic rings. The molecular formula is C21H26N2O5S. The number of likely N-dealkylation sites (N-methyl/N-ethyl adjacent to an activating group) is 1. The Balaban J connectivity index is 2.17. The molecule has 7 nitrogen and oxygen atoms in total. The molecule has 0 saturated carbocycles. The summed E-state index contributed by atoms with van der Waals surface area (Å²) in [5.41, 5.74) is 0.537. The minimum atomic E-state index is -3.78. The Bertz CT molecular complexity index is 939. The first-order valence-electron chi connectivity index (χ1n) is 9.44. The summed E-state index contributed by atoms with van der Waals surface area (Å²) in [4.78, 5) is 13.9. The van der Waals surface area contributed by atoms with Crippen molar-refractivity contribution in [2.24, 2.45) is 4.40 Å². The largest absolute Gasteiger partial charge is 0.490 e. The Morgan fingerprint density at radius 1 is 1.00 bits per heavy atom. The zero-order chi connectivity index (χ0) is 21.3. The van der Waals surface area contributed by atoms with E-state index in [1.165, 1.54) is 18.3 Å². The molecule has 0 radical (unpaired) electrons. The van der Waals surface area contributed by atoms with Crippen molar-refractivity contribution in [1.82, 2.24) is 4.90 Å². The lowest BCUT2D eigenvalue weighted by Gasteiger charge is -2.19. The lowest BCUT2D eigenvalue weighted by molar-refractivity contribution is -0.132. The van der Waals surface area contributed by atoms with Crippen LogP contribution in [-0.4, -0.2) is 51.7 Å². The molecule has 0 atom stereocenters. The van der Waals surface area contributed by atoms with Gasteiger partial charge in [0.25, 0.3) is 15.9 Å². The molecule has 1 amide bonds. The standard InChI is InChI=1S/C21H26N2O5S/c1-4-23(5-2)21(24)16-28-19-13-12-17(14-20(19)27-6-3)15-22-29(25,26)18-10-8-7-9-11-18/h7-15H,4-6,16H2,1-3H3/b22-15-. The fraction of sp³-hybridized carbons (Fsp3) is 0.333. The van der Waals surface area contributed by atoms with Gasteiger partial charge >= 0.3 is 0 Å². The van der Waals surface area contributed by atoms with E-state index in [0.29, 0.717) is 36.8 Å². The summed E-state index contributed by atoms with van der Waals surface area (Å²) in [5.74, 6) is 0.716.